The Hall–Kier alpha value is -2.44. The summed E-state index contributed by atoms with van der Waals surface area (Å²) in [6, 6.07) is -0.721. The first kappa shape index (κ1) is 61.6. The average Bonchev–Trinajstić information content (AvgIpc) is 3.29. The van der Waals surface area contributed by atoms with Gasteiger partial charge in [0.1, 0.15) is 6.10 Å². The van der Waals surface area contributed by atoms with E-state index >= 15 is 0 Å². The van der Waals surface area contributed by atoms with Gasteiger partial charge in [-0.05, 0) is 83.5 Å². The number of allylic oxidation sites excluding steroid dienone is 10. The zero-order chi connectivity index (χ0) is 46.7. The van der Waals surface area contributed by atoms with Crippen LogP contribution in [0.1, 0.15) is 271 Å². The van der Waals surface area contributed by atoms with Crippen molar-refractivity contribution in [1.82, 2.24) is 5.32 Å². The van der Waals surface area contributed by atoms with Gasteiger partial charge in [0.15, 0.2) is 0 Å². The first-order valence-electron chi connectivity index (χ1n) is 27.5. The summed E-state index contributed by atoms with van der Waals surface area (Å²) in [6.45, 7) is 6.44. The van der Waals surface area contributed by atoms with Gasteiger partial charge >= 0.3 is 5.97 Å². The van der Waals surface area contributed by atoms with E-state index in [1.807, 2.05) is 6.08 Å². The maximum Gasteiger partial charge on any atom is 0.306 e. The molecule has 0 saturated carbocycles. The largest absolute Gasteiger partial charge is 0.462 e. The number of ether oxygens (including phenoxy) is 1. The van der Waals surface area contributed by atoms with E-state index in [-0.39, 0.29) is 31.3 Å². The fourth-order valence-corrected chi connectivity index (χ4v) is 8.14. The fourth-order valence-electron chi connectivity index (χ4n) is 8.14. The van der Waals surface area contributed by atoms with Gasteiger partial charge in [0.2, 0.25) is 5.91 Å². The van der Waals surface area contributed by atoms with E-state index in [1.54, 1.807) is 0 Å². The number of nitrogens with one attached hydrogen (secondary N) is 1. The van der Waals surface area contributed by atoms with Crippen LogP contribution in [0.15, 0.2) is 60.8 Å². The minimum absolute atomic E-state index is 0.0397. The Balaban J connectivity index is 4.67. The zero-order valence-corrected chi connectivity index (χ0v) is 42.4. The second-order valence-corrected chi connectivity index (χ2v) is 18.6. The highest BCUT2D eigenvalue weighted by Gasteiger charge is 2.24. The Morgan fingerprint density at radius 2 is 0.797 bits per heavy atom. The minimum atomic E-state index is -0.804. The highest BCUT2D eigenvalue weighted by Crippen LogP contribution is 2.17. The number of esters is 1. The molecule has 0 aromatic heterocycles. The lowest BCUT2D eigenvalue weighted by Crippen LogP contribution is -2.46. The normalized spacial score (nSPS) is 13.6. The molecule has 3 N–H and O–H groups in total. The van der Waals surface area contributed by atoms with Gasteiger partial charge in [-0.2, -0.15) is 0 Å². The number of aliphatic hydroxyl groups excluding tert-OH is 2. The van der Waals surface area contributed by atoms with Crippen molar-refractivity contribution in [2.24, 2.45) is 0 Å². The first-order valence-corrected chi connectivity index (χ1v) is 27.5. The van der Waals surface area contributed by atoms with Gasteiger partial charge in [0.25, 0.3) is 0 Å². The SMILES string of the molecule is CCCCC/C=C\C/C=C\C/C=C\CCCCCCC(CC(=O)NC(CO)C(O)CCCCCCCCCCCCCCCCC)OC(=O)CC/C=C/C/C=C\CCCCCCCC. The molecule has 6 nitrogen and oxygen atoms in total. The van der Waals surface area contributed by atoms with E-state index in [2.05, 4.69) is 80.8 Å². The van der Waals surface area contributed by atoms with Crippen LogP contribution in [0.4, 0.5) is 0 Å². The molecule has 0 saturated heterocycles. The van der Waals surface area contributed by atoms with Crippen molar-refractivity contribution in [3.63, 3.8) is 0 Å². The molecule has 0 fully saturated rings. The highest BCUT2D eigenvalue weighted by molar-refractivity contribution is 5.77. The Labute approximate surface area is 397 Å². The summed E-state index contributed by atoms with van der Waals surface area (Å²) >= 11 is 0. The van der Waals surface area contributed by atoms with Gasteiger partial charge < -0.3 is 20.3 Å². The monoisotopic (exact) mass is 896 g/mol. The molecule has 1 amide bonds. The molecule has 0 rings (SSSR count). The second kappa shape index (κ2) is 51.5. The molecule has 6 heteroatoms. The number of carbonyl (C=O) groups is 2. The lowest BCUT2D eigenvalue weighted by atomic mass is 10.0. The predicted molar refractivity (Wildman–Crippen MR) is 278 cm³/mol. The van der Waals surface area contributed by atoms with Gasteiger partial charge in [-0.1, -0.05) is 236 Å². The van der Waals surface area contributed by atoms with E-state index < -0.39 is 18.2 Å². The molecule has 0 aromatic carbocycles. The van der Waals surface area contributed by atoms with Crippen LogP contribution >= 0.6 is 0 Å². The summed E-state index contributed by atoms with van der Waals surface area (Å²) in [5, 5.41) is 23.8. The van der Waals surface area contributed by atoms with E-state index in [0.717, 1.165) is 77.0 Å². The predicted octanol–water partition coefficient (Wildman–Crippen LogP) is 16.8. The third-order valence-corrected chi connectivity index (χ3v) is 12.3. The maximum atomic E-state index is 13.2. The van der Waals surface area contributed by atoms with Crippen molar-refractivity contribution >= 4 is 11.9 Å². The summed E-state index contributed by atoms with van der Waals surface area (Å²) in [5.74, 6) is -0.572. The summed E-state index contributed by atoms with van der Waals surface area (Å²) < 4.78 is 5.90. The summed E-state index contributed by atoms with van der Waals surface area (Å²) in [5.41, 5.74) is 0. The molecule has 0 bridgehead atoms. The van der Waals surface area contributed by atoms with E-state index in [4.69, 9.17) is 4.74 Å². The van der Waals surface area contributed by atoms with Crippen LogP contribution in [-0.4, -0.2) is 46.9 Å². The van der Waals surface area contributed by atoms with Gasteiger partial charge in [0.05, 0.1) is 25.2 Å². The Morgan fingerprint density at radius 3 is 1.23 bits per heavy atom. The molecule has 0 radical (unpaired) electrons. The van der Waals surface area contributed by atoms with Crippen molar-refractivity contribution in [3.8, 4) is 0 Å². The zero-order valence-electron chi connectivity index (χ0n) is 42.4. The van der Waals surface area contributed by atoms with E-state index in [0.29, 0.717) is 19.3 Å². The second-order valence-electron chi connectivity index (χ2n) is 18.6. The van der Waals surface area contributed by atoms with Crippen molar-refractivity contribution in [1.29, 1.82) is 0 Å². The molecule has 64 heavy (non-hydrogen) atoms. The van der Waals surface area contributed by atoms with Crippen LogP contribution < -0.4 is 5.32 Å². The topological polar surface area (TPSA) is 95.9 Å². The molecule has 372 valence electrons. The van der Waals surface area contributed by atoms with Crippen LogP contribution in [0.25, 0.3) is 0 Å². The van der Waals surface area contributed by atoms with Gasteiger partial charge in [-0.15, -0.1) is 0 Å². The Kier molecular flexibility index (Phi) is 49.6. The number of amides is 1. The minimum Gasteiger partial charge on any atom is -0.462 e. The molecular weight excluding hydrogens is 791 g/mol. The molecule has 0 aliphatic carbocycles. The Bertz CT molecular complexity index is 1140. The van der Waals surface area contributed by atoms with E-state index in [1.165, 1.54) is 141 Å². The molecule has 0 aliphatic heterocycles. The van der Waals surface area contributed by atoms with Crippen molar-refractivity contribution in [2.45, 2.75) is 289 Å². The molecular formula is C58H105NO5. The maximum absolute atomic E-state index is 13.2. The smallest absolute Gasteiger partial charge is 0.306 e. The molecule has 0 heterocycles. The quantitative estimate of drug-likeness (QED) is 0.0321. The molecule has 0 aromatic rings. The average molecular weight is 896 g/mol. The number of hydrogen-bond acceptors (Lipinski definition) is 5. The highest BCUT2D eigenvalue weighted by atomic mass is 16.5. The number of hydrogen-bond donors (Lipinski definition) is 3. The summed E-state index contributed by atoms with van der Waals surface area (Å²) in [6.07, 6.45) is 64.3. The van der Waals surface area contributed by atoms with Gasteiger partial charge in [0, 0.05) is 6.42 Å². The van der Waals surface area contributed by atoms with Crippen molar-refractivity contribution in [2.75, 3.05) is 6.61 Å². The molecule has 3 unspecified atom stereocenters. The standard InChI is InChI=1S/C58H105NO5/c1-4-7-10-13-16-19-22-25-27-28-30-32-34-37-40-43-46-49-54(64-58(63)51-48-45-42-39-36-31-24-21-18-15-12-9-6-3)52-57(62)59-55(53-60)56(61)50-47-44-41-38-35-33-29-26-23-20-17-14-11-8-5-2/h16,19,25,27,30-32,36,42,45,54-56,60-61H,4-15,17-18,20-24,26,28-29,33-35,37-41,43-44,46-53H2,1-3H3,(H,59,62)/b19-16-,27-25-,32-30-,36-31-,45-42+. The summed E-state index contributed by atoms with van der Waals surface area (Å²) in [4.78, 5) is 26.2. The van der Waals surface area contributed by atoms with Crippen LogP contribution in [0.3, 0.4) is 0 Å². The molecule has 0 aliphatic rings. The number of unbranched alkanes of at least 4 members (excludes halogenated alkanes) is 27. The van der Waals surface area contributed by atoms with Crippen LogP contribution in [0, 0.1) is 0 Å². The lowest BCUT2D eigenvalue weighted by Gasteiger charge is -2.24. The fraction of sp³-hybridized carbons (Fsp3) is 0.793. The van der Waals surface area contributed by atoms with Crippen LogP contribution in [-0.2, 0) is 14.3 Å². The third-order valence-electron chi connectivity index (χ3n) is 12.3. The molecule has 3 atom stereocenters. The van der Waals surface area contributed by atoms with Crippen molar-refractivity contribution in [3.05, 3.63) is 60.8 Å². The Morgan fingerprint density at radius 1 is 0.453 bits per heavy atom. The lowest BCUT2D eigenvalue weighted by molar-refractivity contribution is -0.150. The molecule has 0 spiro atoms. The van der Waals surface area contributed by atoms with Gasteiger partial charge in [-0.25, -0.2) is 0 Å². The number of rotatable bonds is 49. The van der Waals surface area contributed by atoms with E-state index in [9.17, 15) is 19.8 Å². The van der Waals surface area contributed by atoms with Gasteiger partial charge in [-0.3, -0.25) is 9.59 Å². The first-order chi connectivity index (χ1) is 31.5. The number of carbonyl (C=O) groups excluding carboxylic acids is 2. The van der Waals surface area contributed by atoms with Crippen LogP contribution in [0.2, 0.25) is 0 Å². The van der Waals surface area contributed by atoms with Crippen molar-refractivity contribution < 1.29 is 24.5 Å². The third kappa shape index (κ3) is 46.1. The summed E-state index contributed by atoms with van der Waals surface area (Å²) in [7, 11) is 0. The van der Waals surface area contributed by atoms with Crippen LogP contribution in [0.5, 0.6) is 0 Å². The number of aliphatic hydroxyl groups is 2.